The number of aryl methyl sites for hydroxylation is 1. The molecule has 0 unspecified atom stereocenters. The molecule has 1 aromatic heterocycles. The second-order valence-corrected chi connectivity index (χ2v) is 3.07. The minimum absolute atomic E-state index is 0.0373. The molecule has 1 N–H and O–H groups in total. The van der Waals surface area contributed by atoms with Crippen LogP contribution < -0.4 is 0 Å². The molecule has 0 aliphatic heterocycles. The summed E-state index contributed by atoms with van der Waals surface area (Å²) in [6.07, 6.45) is 1.29. The summed E-state index contributed by atoms with van der Waals surface area (Å²) < 4.78 is 24.6. The highest BCUT2D eigenvalue weighted by Gasteiger charge is 2.22. The van der Waals surface area contributed by atoms with Gasteiger partial charge in [-0.25, -0.2) is 8.78 Å². The molecular weight excluding hydrogens is 162 g/mol. The third kappa shape index (κ3) is 1.11. The molecule has 0 radical (unpaired) electrons. The van der Waals surface area contributed by atoms with Gasteiger partial charge in [0.15, 0.2) is 0 Å². The zero-order valence-electron chi connectivity index (χ0n) is 6.61. The Morgan fingerprint density at radius 1 is 1.25 bits per heavy atom. The number of H-pyrrole nitrogens is 1. The van der Waals surface area contributed by atoms with E-state index in [1.54, 1.807) is 0 Å². The molecule has 0 spiro atoms. The summed E-state index contributed by atoms with van der Waals surface area (Å²) in [6.45, 7) is 0. The number of aromatic nitrogens is 2. The molecule has 1 aromatic rings. The topological polar surface area (TPSA) is 28.7 Å². The van der Waals surface area contributed by atoms with E-state index in [9.17, 15) is 8.78 Å². The molecule has 0 atom stereocenters. The van der Waals surface area contributed by atoms with Crippen LogP contribution in [0.2, 0.25) is 0 Å². The molecule has 0 fully saturated rings. The molecule has 2 nitrogen and oxygen atoms in total. The lowest BCUT2D eigenvalue weighted by Gasteiger charge is -2.10. The van der Waals surface area contributed by atoms with Crippen molar-refractivity contribution < 1.29 is 8.78 Å². The van der Waals surface area contributed by atoms with Crippen molar-refractivity contribution in [1.82, 2.24) is 10.2 Å². The summed E-state index contributed by atoms with van der Waals surface area (Å²) in [4.78, 5) is 0. The van der Waals surface area contributed by atoms with Crippen molar-refractivity contribution in [3.63, 3.8) is 0 Å². The van der Waals surface area contributed by atoms with Crippen LogP contribution in [0.3, 0.4) is 0 Å². The smallest absolute Gasteiger partial charge is 0.282 e. The highest BCUT2D eigenvalue weighted by Crippen LogP contribution is 2.28. The SMILES string of the molecule is FC(F)c1n[nH]c2c1CCCC2. The number of alkyl halides is 2. The van der Waals surface area contributed by atoms with Crippen LogP contribution in [0, 0.1) is 0 Å². The molecule has 66 valence electrons. The van der Waals surface area contributed by atoms with Gasteiger partial charge >= 0.3 is 0 Å². The summed E-state index contributed by atoms with van der Waals surface area (Å²) in [5.41, 5.74) is 1.64. The van der Waals surface area contributed by atoms with E-state index in [4.69, 9.17) is 0 Å². The molecule has 0 saturated carbocycles. The quantitative estimate of drug-likeness (QED) is 0.691. The van der Waals surface area contributed by atoms with Crippen LogP contribution in [-0.2, 0) is 12.8 Å². The van der Waals surface area contributed by atoms with Crippen LogP contribution in [0.1, 0.15) is 36.2 Å². The summed E-state index contributed by atoms with van der Waals surface area (Å²) in [7, 11) is 0. The van der Waals surface area contributed by atoms with Crippen LogP contribution in [0.15, 0.2) is 0 Å². The van der Waals surface area contributed by atoms with Gasteiger partial charge in [-0.15, -0.1) is 0 Å². The van der Waals surface area contributed by atoms with E-state index in [1.807, 2.05) is 0 Å². The van der Waals surface area contributed by atoms with Gasteiger partial charge in [0.1, 0.15) is 5.69 Å². The van der Waals surface area contributed by atoms with E-state index >= 15 is 0 Å². The predicted octanol–water partition coefficient (Wildman–Crippen LogP) is 2.23. The first kappa shape index (κ1) is 7.71. The largest absolute Gasteiger partial charge is 0.282 e. The zero-order valence-corrected chi connectivity index (χ0v) is 6.61. The molecule has 4 heteroatoms. The monoisotopic (exact) mass is 172 g/mol. The average molecular weight is 172 g/mol. The first-order valence-electron chi connectivity index (χ1n) is 4.13. The minimum atomic E-state index is -2.43. The average Bonchev–Trinajstić information content (AvgIpc) is 2.47. The minimum Gasteiger partial charge on any atom is -0.282 e. The van der Waals surface area contributed by atoms with Crippen molar-refractivity contribution in [2.45, 2.75) is 32.1 Å². The predicted molar refractivity (Wildman–Crippen MR) is 40.2 cm³/mol. The number of rotatable bonds is 1. The molecule has 1 aliphatic rings. The number of halogens is 2. The standard InChI is InChI=1S/C8H10F2N2/c9-8(10)7-5-3-1-2-4-6(5)11-12-7/h8H,1-4H2,(H,11,12). The van der Waals surface area contributed by atoms with Crippen molar-refractivity contribution in [2.75, 3.05) is 0 Å². The summed E-state index contributed by atoms with van der Waals surface area (Å²) in [5, 5.41) is 6.30. The fourth-order valence-electron chi connectivity index (χ4n) is 1.69. The Labute approximate surface area is 69.0 Å². The fraction of sp³-hybridized carbons (Fsp3) is 0.625. The molecule has 2 rings (SSSR count). The highest BCUT2D eigenvalue weighted by atomic mass is 19.3. The Bertz CT molecular complexity index is 281. The molecular formula is C8H10F2N2. The second-order valence-electron chi connectivity index (χ2n) is 3.07. The van der Waals surface area contributed by atoms with Crippen molar-refractivity contribution in [3.8, 4) is 0 Å². The molecule has 1 aliphatic carbocycles. The maximum absolute atomic E-state index is 12.3. The van der Waals surface area contributed by atoms with E-state index < -0.39 is 6.43 Å². The van der Waals surface area contributed by atoms with Gasteiger partial charge in [0.2, 0.25) is 0 Å². The Kier molecular flexibility index (Phi) is 1.83. The van der Waals surface area contributed by atoms with Gasteiger partial charge in [0.25, 0.3) is 6.43 Å². The van der Waals surface area contributed by atoms with E-state index in [0.29, 0.717) is 0 Å². The van der Waals surface area contributed by atoms with Gasteiger partial charge in [0.05, 0.1) is 0 Å². The third-order valence-corrected chi connectivity index (χ3v) is 2.30. The van der Waals surface area contributed by atoms with E-state index in [1.165, 1.54) is 0 Å². The lowest BCUT2D eigenvalue weighted by Crippen LogP contribution is -2.02. The number of fused-ring (bicyclic) bond motifs is 1. The zero-order chi connectivity index (χ0) is 8.55. The third-order valence-electron chi connectivity index (χ3n) is 2.30. The molecule has 1 heterocycles. The van der Waals surface area contributed by atoms with Gasteiger partial charge in [-0.3, -0.25) is 5.10 Å². The number of hydrogen-bond acceptors (Lipinski definition) is 1. The summed E-state index contributed by atoms with van der Waals surface area (Å²) in [6, 6.07) is 0. The number of hydrogen-bond donors (Lipinski definition) is 1. The normalized spacial score (nSPS) is 16.6. The summed E-state index contributed by atoms with van der Waals surface area (Å²) >= 11 is 0. The fourth-order valence-corrected chi connectivity index (χ4v) is 1.69. The Hall–Kier alpha value is -0.930. The van der Waals surface area contributed by atoms with Crippen molar-refractivity contribution in [1.29, 1.82) is 0 Å². The lowest BCUT2D eigenvalue weighted by molar-refractivity contribution is 0.144. The molecule has 12 heavy (non-hydrogen) atoms. The molecule has 0 aromatic carbocycles. The van der Waals surface area contributed by atoms with Crippen LogP contribution in [0.4, 0.5) is 8.78 Å². The summed E-state index contributed by atoms with van der Waals surface area (Å²) in [5.74, 6) is 0. The second kappa shape index (κ2) is 2.84. The van der Waals surface area contributed by atoms with E-state index in [-0.39, 0.29) is 5.69 Å². The van der Waals surface area contributed by atoms with Crippen LogP contribution in [0.25, 0.3) is 0 Å². The van der Waals surface area contributed by atoms with Gasteiger partial charge in [0, 0.05) is 11.3 Å². The van der Waals surface area contributed by atoms with Crippen molar-refractivity contribution in [2.24, 2.45) is 0 Å². The van der Waals surface area contributed by atoms with Crippen LogP contribution in [-0.4, -0.2) is 10.2 Å². The van der Waals surface area contributed by atoms with E-state index in [2.05, 4.69) is 10.2 Å². The number of aromatic amines is 1. The van der Waals surface area contributed by atoms with E-state index in [0.717, 1.165) is 36.9 Å². The molecule has 0 bridgehead atoms. The van der Waals surface area contributed by atoms with Gasteiger partial charge < -0.3 is 0 Å². The van der Waals surface area contributed by atoms with Gasteiger partial charge in [-0.05, 0) is 25.7 Å². The van der Waals surface area contributed by atoms with Crippen molar-refractivity contribution >= 4 is 0 Å². The first-order valence-corrected chi connectivity index (χ1v) is 4.13. The maximum atomic E-state index is 12.3. The van der Waals surface area contributed by atoms with Crippen LogP contribution in [0.5, 0.6) is 0 Å². The van der Waals surface area contributed by atoms with Crippen LogP contribution >= 0.6 is 0 Å². The van der Waals surface area contributed by atoms with Gasteiger partial charge in [-0.1, -0.05) is 0 Å². The first-order chi connectivity index (χ1) is 5.79. The Morgan fingerprint density at radius 2 is 2.00 bits per heavy atom. The highest BCUT2D eigenvalue weighted by molar-refractivity contribution is 5.28. The number of nitrogens with one attached hydrogen (secondary N) is 1. The molecule has 0 saturated heterocycles. The Morgan fingerprint density at radius 3 is 2.75 bits per heavy atom. The Balaban J connectivity index is 2.38. The van der Waals surface area contributed by atoms with Crippen molar-refractivity contribution in [3.05, 3.63) is 17.0 Å². The molecule has 0 amide bonds. The maximum Gasteiger partial charge on any atom is 0.282 e. The lowest BCUT2D eigenvalue weighted by atomic mass is 9.96. The number of nitrogens with zero attached hydrogens (tertiary/aromatic N) is 1. The van der Waals surface area contributed by atoms with Gasteiger partial charge in [-0.2, -0.15) is 5.10 Å².